The minimum absolute atomic E-state index is 0.0943. The summed E-state index contributed by atoms with van der Waals surface area (Å²) in [4.78, 5) is 0. The lowest BCUT2D eigenvalue weighted by molar-refractivity contribution is 0.343. The summed E-state index contributed by atoms with van der Waals surface area (Å²) in [5.41, 5.74) is 8.44. The first kappa shape index (κ1) is 11.8. The van der Waals surface area contributed by atoms with Crippen molar-refractivity contribution in [3.05, 3.63) is 35.4 Å². The van der Waals surface area contributed by atoms with Crippen LogP contribution in [0.1, 0.15) is 44.4 Å². The number of terminal acetylenes is 1. The lowest BCUT2D eigenvalue weighted by Gasteiger charge is -2.23. The second-order valence-electron chi connectivity index (χ2n) is 5.14. The molecular weight excluding hydrogens is 182 g/mol. The van der Waals surface area contributed by atoms with Gasteiger partial charge in [0.1, 0.15) is 0 Å². The van der Waals surface area contributed by atoms with E-state index in [1.165, 1.54) is 0 Å². The van der Waals surface area contributed by atoms with Crippen LogP contribution < -0.4 is 5.73 Å². The minimum atomic E-state index is 0.0943. The van der Waals surface area contributed by atoms with E-state index in [1.807, 2.05) is 24.3 Å². The largest absolute Gasteiger partial charge is 0.324 e. The Morgan fingerprint density at radius 2 is 1.80 bits per heavy atom. The first-order valence-electron chi connectivity index (χ1n) is 5.24. The average molecular weight is 201 g/mol. The molecule has 0 amide bonds. The second-order valence-corrected chi connectivity index (χ2v) is 5.14. The van der Waals surface area contributed by atoms with Crippen molar-refractivity contribution in [1.29, 1.82) is 0 Å². The van der Waals surface area contributed by atoms with Crippen molar-refractivity contribution in [3.8, 4) is 12.3 Å². The summed E-state index contributed by atoms with van der Waals surface area (Å²) in [5.74, 6) is 2.60. The van der Waals surface area contributed by atoms with Crippen molar-refractivity contribution < 1.29 is 0 Å². The van der Waals surface area contributed by atoms with E-state index < -0.39 is 0 Å². The van der Waals surface area contributed by atoms with Crippen LogP contribution in [0.5, 0.6) is 0 Å². The maximum atomic E-state index is 6.12. The smallest absolute Gasteiger partial charge is 0.0299 e. The van der Waals surface area contributed by atoms with Crippen LogP contribution in [0.3, 0.4) is 0 Å². The molecule has 1 aromatic carbocycles. The molecule has 15 heavy (non-hydrogen) atoms. The average Bonchev–Trinajstić information content (AvgIpc) is 2.15. The number of nitrogens with two attached hydrogens (primary N) is 1. The molecule has 0 saturated carbocycles. The number of rotatable bonds is 2. The Labute approximate surface area is 92.7 Å². The van der Waals surface area contributed by atoms with E-state index in [0.29, 0.717) is 0 Å². The molecule has 0 aromatic heterocycles. The standard InChI is InChI=1S/C14H19N/c1-5-11-6-8-12(9-7-11)13(15)10-14(2,3)4/h1,6-9,13H,10,15H2,2-4H3. The van der Waals surface area contributed by atoms with Gasteiger partial charge in [-0.25, -0.2) is 0 Å². The zero-order valence-corrected chi connectivity index (χ0v) is 9.75. The highest BCUT2D eigenvalue weighted by Crippen LogP contribution is 2.27. The maximum Gasteiger partial charge on any atom is 0.0299 e. The molecule has 1 atom stereocenters. The van der Waals surface area contributed by atoms with Gasteiger partial charge in [0.25, 0.3) is 0 Å². The van der Waals surface area contributed by atoms with Gasteiger partial charge in [-0.3, -0.25) is 0 Å². The molecule has 0 fully saturated rings. The van der Waals surface area contributed by atoms with Gasteiger partial charge in [0.15, 0.2) is 0 Å². The maximum absolute atomic E-state index is 6.12. The van der Waals surface area contributed by atoms with Crippen LogP contribution in [-0.2, 0) is 0 Å². The fraction of sp³-hybridized carbons (Fsp3) is 0.429. The molecule has 1 aromatic rings. The third-order valence-electron chi connectivity index (χ3n) is 2.34. The zero-order valence-electron chi connectivity index (χ0n) is 9.75. The molecule has 1 unspecified atom stereocenters. The van der Waals surface area contributed by atoms with Crippen LogP contribution in [0.15, 0.2) is 24.3 Å². The third-order valence-corrected chi connectivity index (χ3v) is 2.34. The summed E-state index contributed by atoms with van der Waals surface area (Å²) < 4.78 is 0. The van der Waals surface area contributed by atoms with Crippen molar-refractivity contribution in [1.82, 2.24) is 0 Å². The van der Waals surface area contributed by atoms with Crippen LogP contribution in [0.2, 0.25) is 0 Å². The minimum Gasteiger partial charge on any atom is -0.324 e. The van der Waals surface area contributed by atoms with Crippen LogP contribution in [0.25, 0.3) is 0 Å². The Morgan fingerprint density at radius 1 is 1.27 bits per heavy atom. The van der Waals surface area contributed by atoms with E-state index in [-0.39, 0.29) is 11.5 Å². The van der Waals surface area contributed by atoms with Crippen molar-refractivity contribution in [2.75, 3.05) is 0 Å². The number of benzene rings is 1. The molecule has 1 nitrogen and oxygen atoms in total. The molecule has 2 N–H and O–H groups in total. The fourth-order valence-corrected chi connectivity index (χ4v) is 1.60. The Bertz CT molecular complexity index is 348. The Morgan fingerprint density at radius 3 is 2.20 bits per heavy atom. The van der Waals surface area contributed by atoms with Gasteiger partial charge < -0.3 is 5.73 Å². The van der Waals surface area contributed by atoms with Crippen molar-refractivity contribution in [3.63, 3.8) is 0 Å². The molecule has 0 aliphatic carbocycles. The molecule has 0 saturated heterocycles. The van der Waals surface area contributed by atoms with E-state index in [9.17, 15) is 0 Å². The first-order valence-corrected chi connectivity index (χ1v) is 5.24. The quantitative estimate of drug-likeness (QED) is 0.731. The monoisotopic (exact) mass is 201 g/mol. The molecule has 0 bridgehead atoms. The molecule has 1 heteroatoms. The fourth-order valence-electron chi connectivity index (χ4n) is 1.60. The highest BCUT2D eigenvalue weighted by Gasteiger charge is 2.16. The van der Waals surface area contributed by atoms with Gasteiger partial charge in [-0.15, -0.1) is 6.42 Å². The molecular formula is C14H19N. The Kier molecular flexibility index (Phi) is 3.55. The second kappa shape index (κ2) is 4.51. The van der Waals surface area contributed by atoms with E-state index in [4.69, 9.17) is 12.2 Å². The Hall–Kier alpha value is -1.26. The molecule has 80 valence electrons. The third kappa shape index (κ3) is 3.77. The number of hydrogen-bond acceptors (Lipinski definition) is 1. The molecule has 1 rings (SSSR count). The van der Waals surface area contributed by atoms with Gasteiger partial charge in [0.2, 0.25) is 0 Å². The summed E-state index contributed by atoms with van der Waals surface area (Å²) in [6, 6.07) is 8.02. The predicted octanol–water partition coefficient (Wildman–Crippen LogP) is 3.10. The summed E-state index contributed by atoms with van der Waals surface area (Å²) in [5, 5.41) is 0. The van der Waals surface area contributed by atoms with Crippen LogP contribution in [-0.4, -0.2) is 0 Å². The van der Waals surface area contributed by atoms with Crippen molar-refractivity contribution >= 4 is 0 Å². The summed E-state index contributed by atoms with van der Waals surface area (Å²) in [7, 11) is 0. The van der Waals surface area contributed by atoms with Crippen molar-refractivity contribution in [2.45, 2.75) is 33.2 Å². The highest BCUT2D eigenvalue weighted by molar-refractivity contribution is 5.35. The van der Waals surface area contributed by atoms with Crippen LogP contribution in [0.4, 0.5) is 0 Å². The predicted molar refractivity (Wildman–Crippen MR) is 65.4 cm³/mol. The molecule has 0 aliphatic rings. The summed E-state index contributed by atoms with van der Waals surface area (Å²) >= 11 is 0. The molecule has 0 spiro atoms. The Balaban J connectivity index is 2.75. The van der Waals surface area contributed by atoms with Gasteiger partial charge in [-0.2, -0.15) is 0 Å². The van der Waals surface area contributed by atoms with Crippen molar-refractivity contribution in [2.24, 2.45) is 11.1 Å². The van der Waals surface area contributed by atoms with Gasteiger partial charge in [-0.05, 0) is 29.5 Å². The topological polar surface area (TPSA) is 26.0 Å². The van der Waals surface area contributed by atoms with Gasteiger partial charge in [0, 0.05) is 11.6 Å². The summed E-state index contributed by atoms with van der Waals surface area (Å²) in [6.45, 7) is 6.59. The van der Waals surface area contributed by atoms with E-state index in [2.05, 4.69) is 26.7 Å². The SMILES string of the molecule is C#Cc1ccc(C(N)CC(C)(C)C)cc1. The molecule has 0 radical (unpaired) electrons. The van der Waals surface area contributed by atoms with Gasteiger partial charge in [-0.1, -0.05) is 38.8 Å². The number of hydrogen-bond donors (Lipinski definition) is 1. The lowest BCUT2D eigenvalue weighted by Crippen LogP contribution is -2.18. The zero-order chi connectivity index (χ0) is 11.5. The highest BCUT2D eigenvalue weighted by atomic mass is 14.6. The van der Waals surface area contributed by atoms with Crippen LogP contribution in [0, 0.1) is 17.8 Å². The van der Waals surface area contributed by atoms with E-state index in [1.54, 1.807) is 0 Å². The van der Waals surface area contributed by atoms with E-state index >= 15 is 0 Å². The normalized spacial score (nSPS) is 13.3. The molecule has 0 heterocycles. The first-order chi connectivity index (χ1) is 6.92. The van der Waals surface area contributed by atoms with Gasteiger partial charge in [0.05, 0.1) is 0 Å². The lowest BCUT2D eigenvalue weighted by atomic mass is 9.86. The van der Waals surface area contributed by atoms with E-state index in [0.717, 1.165) is 17.5 Å². The summed E-state index contributed by atoms with van der Waals surface area (Å²) in [6.07, 6.45) is 6.27. The van der Waals surface area contributed by atoms with Crippen LogP contribution >= 0.6 is 0 Å². The molecule has 0 aliphatic heterocycles. The van der Waals surface area contributed by atoms with Gasteiger partial charge >= 0.3 is 0 Å².